The normalized spacial score (nSPS) is 24.1. The fourth-order valence-electron chi connectivity index (χ4n) is 2.66. The Morgan fingerprint density at radius 2 is 2.12 bits per heavy atom. The van der Waals surface area contributed by atoms with Gasteiger partial charge in [-0.2, -0.15) is 0 Å². The van der Waals surface area contributed by atoms with Gasteiger partial charge in [-0.3, -0.25) is 4.79 Å². The number of carbonyl (C=O) groups is 1. The zero-order valence-corrected chi connectivity index (χ0v) is 10.6. The van der Waals surface area contributed by atoms with E-state index in [4.69, 9.17) is 0 Å². The molecule has 2 unspecified atom stereocenters. The molecule has 1 heterocycles. The second-order valence-corrected chi connectivity index (χ2v) is 5.10. The van der Waals surface area contributed by atoms with E-state index in [0.717, 1.165) is 12.2 Å². The van der Waals surface area contributed by atoms with E-state index in [0.29, 0.717) is 17.5 Å². The molecule has 1 aliphatic rings. The predicted molar refractivity (Wildman–Crippen MR) is 68.7 cm³/mol. The minimum Gasteiger partial charge on any atom is -0.507 e. The van der Waals surface area contributed by atoms with Crippen LogP contribution in [0.25, 0.3) is 0 Å². The van der Waals surface area contributed by atoms with Gasteiger partial charge in [0.15, 0.2) is 5.78 Å². The molecule has 2 atom stereocenters. The minimum atomic E-state index is -0.100. The lowest BCUT2D eigenvalue weighted by molar-refractivity contribution is 0.101. The number of ketones is 1. The molecular weight excluding hydrogens is 214 g/mol. The Morgan fingerprint density at radius 3 is 2.59 bits per heavy atom. The Labute approximate surface area is 102 Å². The summed E-state index contributed by atoms with van der Waals surface area (Å²) in [4.78, 5) is 13.5. The summed E-state index contributed by atoms with van der Waals surface area (Å²) < 4.78 is 0. The van der Waals surface area contributed by atoms with Gasteiger partial charge in [-0.05, 0) is 38.3 Å². The smallest absolute Gasteiger partial charge is 0.163 e. The molecule has 0 radical (unpaired) electrons. The second kappa shape index (κ2) is 4.40. The molecular formula is C14H19NO2. The lowest BCUT2D eigenvalue weighted by atomic mass is 10.1. The molecule has 3 nitrogen and oxygen atoms in total. The average molecular weight is 233 g/mol. The predicted octanol–water partition coefficient (Wildman–Crippen LogP) is 2.83. The number of benzene rings is 1. The minimum absolute atomic E-state index is 0.0850. The standard InChI is InChI=1S/C14H19NO2/c1-9-6-10(2)15(8-9)12-4-5-13(11(3)16)14(17)7-12/h4-5,7,9-10,17H,6,8H2,1-3H3. The highest BCUT2D eigenvalue weighted by Gasteiger charge is 2.26. The van der Waals surface area contributed by atoms with Gasteiger partial charge in [0, 0.05) is 24.3 Å². The quantitative estimate of drug-likeness (QED) is 0.798. The number of phenolic OH excluding ortho intramolecular Hbond substituents is 1. The Balaban J connectivity index is 2.29. The van der Waals surface area contributed by atoms with Crippen LogP contribution in [-0.4, -0.2) is 23.5 Å². The first kappa shape index (κ1) is 12.0. The SMILES string of the molecule is CC(=O)c1ccc(N2CC(C)CC2C)cc1O. The van der Waals surface area contributed by atoms with Crippen LogP contribution in [0.4, 0.5) is 5.69 Å². The first-order valence-electron chi connectivity index (χ1n) is 6.09. The maximum Gasteiger partial charge on any atom is 0.163 e. The summed E-state index contributed by atoms with van der Waals surface area (Å²) in [7, 11) is 0. The Hall–Kier alpha value is -1.51. The number of carbonyl (C=O) groups excluding carboxylic acids is 1. The van der Waals surface area contributed by atoms with Gasteiger partial charge in [0.05, 0.1) is 5.56 Å². The Bertz CT molecular complexity index is 442. The van der Waals surface area contributed by atoms with E-state index in [1.54, 1.807) is 12.1 Å². The molecule has 1 saturated heterocycles. The van der Waals surface area contributed by atoms with Crippen LogP contribution >= 0.6 is 0 Å². The highest BCUT2D eigenvalue weighted by atomic mass is 16.3. The van der Waals surface area contributed by atoms with Crippen molar-refractivity contribution in [2.75, 3.05) is 11.4 Å². The number of aromatic hydroxyl groups is 1. The van der Waals surface area contributed by atoms with Gasteiger partial charge in [0.2, 0.25) is 0 Å². The van der Waals surface area contributed by atoms with Crippen LogP contribution in [0.5, 0.6) is 5.75 Å². The molecule has 3 heteroatoms. The van der Waals surface area contributed by atoms with E-state index in [1.807, 2.05) is 6.07 Å². The van der Waals surface area contributed by atoms with E-state index in [-0.39, 0.29) is 11.5 Å². The van der Waals surface area contributed by atoms with Crippen molar-refractivity contribution >= 4 is 11.5 Å². The van der Waals surface area contributed by atoms with E-state index >= 15 is 0 Å². The molecule has 17 heavy (non-hydrogen) atoms. The highest BCUT2D eigenvalue weighted by Crippen LogP contribution is 2.32. The number of Topliss-reactive ketones (excluding diaryl/α,β-unsaturated/α-hetero) is 1. The van der Waals surface area contributed by atoms with Crippen LogP contribution in [0.1, 0.15) is 37.6 Å². The molecule has 1 aliphatic heterocycles. The fraction of sp³-hybridized carbons (Fsp3) is 0.500. The molecule has 1 fully saturated rings. The molecule has 2 rings (SSSR count). The van der Waals surface area contributed by atoms with E-state index in [9.17, 15) is 9.90 Å². The third-order valence-corrected chi connectivity index (χ3v) is 3.48. The molecule has 0 saturated carbocycles. The van der Waals surface area contributed by atoms with Crippen molar-refractivity contribution in [2.24, 2.45) is 5.92 Å². The molecule has 0 aromatic heterocycles. The molecule has 0 aliphatic carbocycles. The third kappa shape index (κ3) is 2.28. The van der Waals surface area contributed by atoms with Crippen LogP contribution in [-0.2, 0) is 0 Å². The van der Waals surface area contributed by atoms with Crippen molar-refractivity contribution in [3.63, 3.8) is 0 Å². The Morgan fingerprint density at radius 1 is 1.41 bits per heavy atom. The van der Waals surface area contributed by atoms with Crippen LogP contribution in [0, 0.1) is 5.92 Å². The second-order valence-electron chi connectivity index (χ2n) is 5.10. The number of hydrogen-bond donors (Lipinski definition) is 1. The summed E-state index contributed by atoms with van der Waals surface area (Å²) in [5.41, 5.74) is 1.40. The number of rotatable bonds is 2. The average Bonchev–Trinajstić information content (AvgIpc) is 2.57. The third-order valence-electron chi connectivity index (χ3n) is 3.48. The number of nitrogens with zero attached hydrogens (tertiary/aromatic N) is 1. The first-order valence-corrected chi connectivity index (χ1v) is 6.09. The monoisotopic (exact) mass is 233 g/mol. The summed E-state index contributed by atoms with van der Waals surface area (Å²) in [6.45, 7) is 6.91. The van der Waals surface area contributed by atoms with Gasteiger partial charge in [-0.1, -0.05) is 6.92 Å². The van der Waals surface area contributed by atoms with E-state index < -0.39 is 0 Å². The van der Waals surface area contributed by atoms with Gasteiger partial charge in [-0.15, -0.1) is 0 Å². The Kier molecular flexibility index (Phi) is 3.09. The molecule has 1 aromatic carbocycles. The van der Waals surface area contributed by atoms with Crippen molar-refractivity contribution < 1.29 is 9.90 Å². The highest BCUT2D eigenvalue weighted by molar-refractivity contribution is 5.97. The van der Waals surface area contributed by atoms with Gasteiger partial charge < -0.3 is 10.0 Å². The van der Waals surface area contributed by atoms with Crippen molar-refractivity contribution in [1.82, 2.24) is 0 Å². The topological polar surface area (TPSA) is 40.5 Å². The molecule has 0 bridgehead atoms. The van der Waals surface area contributed by atoms with E-state index in [1.165, 1.54) is 13.3 Å². The van der Waals surface area contributed by atoms with Crippen molar-refractivity contribution in [3.05, 3.63) is 23.8 Å². The largest absolute Gasteiger partial charge is 0.507 e. The van der Waals surface area contributed by atoms with Crippen LogP contribution in [0.15, 0.2) is 18.2 Å². The van der Waals surface area contributed by atoms with Gasteiger partial charge in [0.25, 0.3) is 0 Å². The number of anilines is 1. The lowest BCUT2D eigenvalue weighted by Gasteiger charge is -2.24. The van der Waals surface area contributed by atoms with Gasteiger partial charge in [-0.25, -0.2) is 0 Å². The summed E-state index contributed by atoms with van der Waals surface area (Å²) in [6, 6.07) is 5.83. The molecule has 1 N–H and O–H groups in total. The lowest BCUT2D eigenvalue weighted by Crippen LogP contribution is -2.26. The van der Waals surface area contributed by atoms with Crippen LogP contribution in [0.3, 0.4) is 0 Å². The van der Waals surface area contributed by atoms with Gasteiger partial charge in [0.1, 0.15) is 5.75 Å². The summed E-state index contributed by atoms with van der Waals surface area (Å²) in [5, 5.41) is 9.83. The summed E-state index contributed by atoms with van der Waals surface area (Å²) >= 11 is 0. The number of hydrogen-bond acceptors (Lipinski definition) is 3. The zero-order chi connectivity index (χ0) is 12.6. The molecule has 0 spiro atoms. The maximum absolute atomic E-state index is 11.2. The first-order chi connectivity index (χ1) is 7.99. The maximum atomic E-state index is 11.2. The van der Waals surface area contributed by atoms with Crippen molar-refractivity contribution in [1.29, 1.82) is 0 Å². The van der Waals surface area contributed by atoms with E-state index in [2.05, 4.69) is 18.7 Å². The zero-order valence-electron chi connectivity index (χ0n) is 10.6. The number of phenols is 1. The van der Waals surface area contributed by atoms with Gasteiger partial charge >= 0.3 is 0 Å². The van der Waals surface area contributed by atoms with Crippen molar-refractivity contribution in [2.45, 2.75) is 33.2 Å². The summed E-state index contributed by atoms with van der Waals surface area (Å²) in [5.74, 6) is 0.665. The summed E-state index contributed by atoms with van der Waals surface area (Å²) in [6.07, 6.45) is 1.18. The fourth-order valence-corrected chi connectivity index (χ4v) is 2.66. The van der Waals surface area contributed by atoms with Crippen LogP contribution in [0.2, 0.25) is 0 Å². The molecule has 0 amide bonds. The van der Waals surface area contributed by atoms with Crippen LogP contribution < -0.4 is 4.90 Å². The molecule has 1 aromatic rings. The van der Waals surface area contributed by atoms with Crippen molar-refractivity contribution in [3.8, 4) is 5.75 Å². The molecule has 92 valence electrons.